The average Bonchev–Trinajstić information content (AvgIpc) is 2.46. The van der Waals surface area contributed by atoms with Crippen molar-refractivity contribution in [2.75, 3.05) is 0 Å². The number of fused-ring (bicyclic) bond motifs is 1. The number of carboxylic acids is 1. The van der Waals surface area contributed by atoms with Crippen LogP contribution in [0.4, 0.5) is 0 Å². The Morgan fingerprint density at radius 1 is 1.38 bits per heavy atom. The minimum atomic E-state index is -1.04. The highest BCUT2D eigenvalue weighted by Gasteiger charge is 2.06. The Balaban J connectivity index is 2.75. The summed E-state index contributed by atoms with van der Waals surface area (Å²) in [6.07, 6.45) is 1.47. The molecule has 66 valence electrons. The number of H-pyrrole nitrogens is 2. The lowest BCUT2D eigenvalue weighted by Crippen LogP contribution is -2.01. The maximum absolute atomic E-state index is 10.8. The summed E-state index contributed by atoms with van der Waals surface area (Å²) in [5, 5.41) is 9.31. The zero-order valence-corrected chi connectivity index (χ0v) is 6.50. The van der Waals surface area contributed by atoms with Crippen molar-refractivity contribution in [3.63, 3.8) is 0 Å². The molecule has 0 aliphatic carbocycles. The molecule has 0 spiro atoms. The standard InChI is InChI=1S/C8H6N2O3/c11-7-2-5-4(3-9-7)1-6(10-5)8(12)13/h1-3,10H,(H,9,11)(H,12,13). The first kappa shape index (κ1) is 7.60. The van der Waals surface area contributed by atoms with Gasteiger partial charge in [0.1, 0.15) is 5.69 Å². The molecule has 13 heavy (non-hydrogen) atoms. The molecule has 2 heterocycles. The molecule has 0 amide bonds. The molecule has 2 aromatic rings. The summed E-state index contributed by atoms with van der Waals surface area (Å²) in [5.74, 6) is -1.04. The predicted octanol–water partition coefficient (Wildman–Crippen LogP) is 0.554. The van der Waals surface area contributed by atoms with E-state index in [4.69, 9.17) is 5.11 Å². The van der Waals surface area contributed by atoms with Crippen LogP contribution in [0.25, 0.3) is 10.9 Å². The predicted molar refractivity (Wildman–Crippen MR) is 45.9 cm³/mol. The first-order chi connectivity index (χ1) is 6.16. The lowest BCUT2D eigenvalue weighted by atomic mass is 10.3. The summed E-state index contributed by atoms with van der Waals surface area (Å²) >= 11 is 0. The fourth-order valence-electron chi connectivity index (χ4n) is 1.16. The Hall–Kier alpha value is -2.04. The zero-order valence-electron chi connectivity index (χ0n) is 6.50. The fraction of sp³-hybridized carbons (Fsp3) is 0. The number of rotatable bonds is 1. The lowest BCUT2D eigenvalue weighted by Gasteiger charge is -1.84. The lowest BCUT2D eigenvalue weighted by molar-refractivity contribution is 0.0691. The van der Waals surface area contributed by atoms with Crippen molar-refractivity contribution < 1.29 is 9.90 Å². The molecule has 2 aromatic heterocycles. The summed E-state index contributed by atoms with van der Waals surface area (Å²) in [6, 6.07) is 2.79. The summed E-state index contributed by atoms with van der Waals surface area (Å²) in [6.45, 7) is 0. The Morgan fingerprint density at radius 2 is 2.15 bits per heavy atom. The Bertz CT molecular complexity index is 523. The highest BCUT2D eigenvalue weighted by atomic mass is 16.4. The van der Waals surface area contributed by atoms with Crippen LogP contribution in [0.2, 0.25) is 0 Å². The van der Waals surface area contributed by atoms with E-state index < -0.39 is 5.97 Å². The van der Waals surface area contributed by atoms with E-state index in [0.29, 0.717) is 10.9 Å². The maximum Gasteiger partial charge on any atom is 0.352 e. The van der Waals surface area contributed by atoms with Gasteiger partial charge in [-0.05, 0) is 6.07 Å². The molecule has 0 saturated carbocycles. The van der Waals surface area contributed by atoms with Crippen molar-refractivity contribution in [2.45, 2.75) is 0 Å². The van der Waals surface area contributed by atoms with Crippen LogP contribution in [0, 0.1) is 0 Å². The fourth-order valence-corrected chi connectivity index (χ4v) is 1.16. The summed E-state index contributed by atoms with van der Waals surface area (Å²) in [4.78, 5) is 26.4. The van der Waals surface area contributed by atoms with Crippen molar-refractivity contribution in [3.8, 4) is 0 Å². The van der Waals surface area contributed by atoms with Crippen molar-refractivity contribution >= 4 is 16.9 Å². The van der Waals surface area contributed by atoms with Gasteiger partial charge in [-0.2, -0.15) is 0 Å². The quantitative estimate of drug-likeness (QED) is 0.596. The molecule has 0 saturated heterocycles. The van der Waals surface area contributed by atoms with Crippen molar-refractivity contribution in [2.24, 2.45) is 0 Å². The van der Waals surface area contributed by atoms with Crippen molar-refractivity contribution in [1.82, 2.24) is 9.97 Å². The van der Waals surface area contributed by atoms with Gasteiger partial charge in [-0.3, -0.25) is 4.79 Å². The van der Waals surface area contributed by atoms with Gasteiger partial charge >= 0.3 is 5.97 Å². The van der Waals surface area contributed by atoms with E-state index in [1.165, 1.54) is 18.3 Å². The Labute approximate surface area is 72.0 Å². The van der Waals surface area contributed by atoms with Gasteiger partial charge in [-0.25, -0.2) is 4.79 Å². The summed E-state index contributed by atoms with van der Waals surface area (Å²) in [7, 11) is 0. The number of hydrogen-bond donors (Lipinski definition) is 3. The smallest absolute Gasteiger partial charge is 0.352 e. The van der Waals surface area contributed by atoms with Crippen LogP contribution in [0.15, 0.2) is 23.1 Å². The molecule has 2 rings (SSSR count). The number of pyridine rings is 1. The number of aromatic carboxylic acids is 1. The third-order valence-corrected chi connectivity index (χ3v) is 1.76. The largest absolute Gasteiger partial charge is 0.477 e. The molecule has 0 aliphatic rings. The Morgan fingerprint density at radius 3 is 2.85 bits per heavy atom. The molecule has 0 bridgehead atoms. The van der Waals surface area contributed by atoms with E-state index in [1.54, 1.807) is 0 Å². The Kier molecular flexibility index (Phi) is 1.45. The van der Waals surface area contributed by atoms with Crippen LogP contribution in [0.5, 0.6) is 0 Å². The molecule has 0 unspecified atom stereocenters. The zero-order chi connectivity index (χ0) is 9.42. The molecule has 5 nitrogen and oxygen atoms in total. The third kappa shape index (κ3) is 1.20. The van der Waals surface area contributed by atoms with Crippen molar-refractivity contribution in [3.05, 3.63) is 34.4 Å². The van der Waals surface area contributed by atoms with Gasteiger partial charge in [-0.15, -0.1) is 0 Å². The van der Waals surface area contributed by atoms with E-state index in [2.05, 4.69) is 9.97 Å². The van der Waals surface area contributed by atoms with E-state index in [9.17, 15) is 9.59 Å². The van der Waals surface area contributed by atoms with Gasteiger partial charge in [-0.1, -0.05) is 0 Å². The van der Waals surface area contributed by atoms with Gasteiger partial charge in [0.05, 0.1) is 5.52 Å². The molecular weight excluding hydrogens is 172 g/mol. The van der Waals surface area contributed by atoms with Crippen molar-refractivity contribution in [1.29, 1.82) is 0 Å². The van der Waals surface area contributed by atoms with Gasteiger partial charge in [0.25, 0.3) is 0 Å². The molecule has 0 fully saturated rings. The number of carbonyl (C=O) groups is 1. The highest BCUT2D eigenvalue weighted by Crippen LogP contribution is 2.11. The van der Waals surface area contributed by atoms with Crippen LogP contribution in [0.3, 0.4) is 0 Å². The van der Waals surface area contributed by atoms with Crippen LogP contribution in [-0.4, -0.2) is 21.0 Å². The minimum absolute atomic E-state index is 0.0778. The summed E-state index contributed by atoms with van der Waals surface area (Å²) in [5.41, 5.74) is 0.349. The van der Waals surface area contributed by atoms with E-state index in [-0.39, 0.29) is 11.3 Å². The summed E-state index contributed by atoms with van der Waals surface area (Å²) < 4.78 is 0. The maximum atomic E-state index is 10.8. The number of carboxylic acid groups (broad SMARTS) is 1. The van der Waals surface area contributed by atoms with Gasteiger partial charge in [0.15, 0.2) is 0 Å². The SMILES string of the molecule is O=C(O)c1cc2c[nH]c(=O)cc2[nH]1. The van der Waals surface area contributed by atoms with Crippen LogP contribution >= 0.6 is 0 Å². The molecule has 0 aliphatic heterocycles. The monoisotopic (exact) mass is 178 g/mol. The number of aromatic amines is 2. The number of hydrogen-bond acceptors (Lipinski definition) is 2. The minimum Gasteiger partial charge on any atom is -0.477 e. The molecule has 0 aromatic carbocycles. The number of nitrogens with one attached hydrogen (secondary N) is 2. The topological polar surface area (TPSA) is 85.9 Å². The number of aromatic nitrogens is 2. The van der Waals surface area contributed by atoms with Crippen LogP contribution < -0.4 is 5.56 Å². The second-order valence-corrected chi connectivity index (χ2v) is 2.65. The second-order valence-electron chi connectivity index (χ2n) is 2.65. The normalized spacial score (nSPS) is 10.5. The first-order valence-electron chi connectivity index (χ1n) is 3.61. The molecule has 3 N–H and O–H groups in total. The van der Waals surface area contributed by atoms with Gasteiger partial charge in [0.2, 0.25) is 5.56 Å². The van der Waals surface area contributed by atoms with Crippen LogP contribution in [-0.2, 0) is 0 Å². The highest BCUT2D eigenvalue weighted by molar-refractivity contribution is 5.93. The van der Waals surface area contributed by atoms with Gasteiger partial charge in [0, 0.05) is 17.6 Å². The first-order valence-corrected chi connectivity index (χ1v) is 3.61. The van der Waals surface area contributed by atoms with E-state index in [0.717, 1.165) is 0 Å². The average molecular weight is 178 g/mol. The van der Waals surface area contributed by atoms with E-state index >= 15 is 0 Å². The molecule has 0 atom stereocenters. The van der Waals surface area contributed by atoms with Crippen LogP contribution in [0.1, 0.15) is 10.5 Å². The molecule has 0 radical (unpaired) electrons. The van der Waals surface area contributed by atoms with Gasteiger partial charge < -0.3 is 15.1 Å². The molecule has 5 heteroatoms. The van der Waals surface area contributed by atoms with E-state index in [1.807, 2.05) is 0 Å². The molecular formula is C8H6N2O3. The third-order valence-electron chi connectivity index (χ3n) is 1.76. The second kappa shape index (κ2) is 2.48.